The maximum Gasteiger partial charge on any atom is 0.380 e. The fraction of sp³-hybridized carbons (Fsp3) is 0.500. The zero-order valence-electron chi connectivity index (χ0n) is 16.1. The highest BCUT2D eigenvalue weighted by molar-refractivity contribution is 7.97. The van der Waals surface area contributed by atoms with Crippen molar-refractivity contribution in [3.63, 3.8) is 0 Å². The van der Waals surface area contributed by atoms with Crippen LogP contribution in [0.5, 0.6) is 0 Å². The van der Waals surface area contributed by atoms with Gasteiger partial charge in [-0.15, -0.1) is 22.7 Å². The van der Waals surface area contributed by atoms with Gasteiger partial charge < -0.3 is 0 Å². The molecule has 4 bridgehead atoms. The number of fused-ring (bicyclic) bond motifs is 5. The third-order valence-corrected chi connectivity index (χ3v) is 9.39. The van der Waals surface area contributed by atoms with Crippen LogP contribution in [-0.2, 0) is 17.9 Å². The largest absolute Gasteiger partial charge is 0.380 e. The zero-order valence-corrected chi connectivity index (χ0v) is 18.6. The van der Waals surface area contributed by atoms with E-state index in [1.807, 2.05) is 6.92 Å². The molecular weight excluding hydrogens is 450 g/mol. The number of allylic oxidation sites excluding steroid dienone is 2. The average molecular weight is 469 g/mol. The third-order valence-electron chi connectivity index (χ3n) is 5.89. The molecule has 1 aliphatic heterocycles. The third kappa shape index (κ3) is 2.72. The highest BCUT2D eigenvalue weighted by Crippen LogP contribution is 2.64. The van der Waals surface area contributed by atoms with Crippen molar-refractivity contribution in [3.8, 4) is 0 Å². The quantitative estimate of drug-likeness (QED) is 0.357. The lowest BCUT2D eigenvalue weighted by Crippen LogP contribution is -2.49. The van der Waals surface area contributed by atoms with E-state index in [-0.39, 0.29) is 4.88 Å². The van der Waals surface area contributed by atoms with Crippen molar-refractivity contribution in [1.82, 2.24) is 0 Å². The fourth-order valence-corrected chi connectivity index (χ4v) is 8.11. The zero-order chi connectivity index (χ0) is 21.5. The van der Waals surface area contributed by atoms with Gasteiger partial charge in [-0.25, -0.2) is 0 Å². The Labute approximate surface area is 177 Å². The van der Waals surface area contributed by atoms with Gasteiger partial charge in [0.05, 0.1) is 5.57 Å². The molecule has 0 aromatic carbocycles. The van der Waals surface area contributed by atoms with Crippen molar-refractivity contribution in [2.24, 2.45) is 0 Å². The van der Waals surface area contributed by atoms with Crippen molar-refractivity contribution in [2.45, 2.75) is 63.4 Å². The maximum atomic E-state index is 14.9. The monoisotopic (exact) mass is 468 g/mol. The molecule has 0 atom stereocenters. The molecule has 0 fully saturated rings. The van der Waals surface area contributed by atoms with Gasteiger partial charge in [0, 0.05) is 43.0 Å². The standard InChI is InChI=1S/C20H18F6S3/c1-8-12-6-27-7-13-9(2)17(29-11(13)4)16-14(5-15(8)28-10(12)3)18(21,22)20(25,26)19(16,23)24/h5-7H2,1-4H3. The summed E-state index contributed by atoms with van der Waals surface area (Å²) in [5.74, 6) is -14.1. The van der Waals surface area contributed by atoms with E-state index in [9.17, 15) is 26.3 Å². The van der Waals surface area contributed by atoms with Gasteiger partial charge in [0.2, 0.25) is 0 Å². The second kappa shape index (κ2) is 6.53. The number of hydrogen-bond donors (Lipinski definition) is 0. The molecule has 2 aromatic heterocycles. The van der Waals surface area contributed by atoms with E-state index in [1.165, 1.54) is 11.3 Å². The van der Waals surface area contributed by atoms with Crippen LogP contribution in [0.25, 0.3) is 5.57 Å². The minimum Gasteiger partial charge on any atom is -0.194 e. The van der Waals surface area contributed by atoms with Crippen LogP contribution in [0, 0.1) is 27.7 Å². The van der Waals surface area contributed by atoms with Crippen LogP contribution in [0.1, 0.15) is 41.8 Å². The normalized spacial score (nSPS) is 22.3. The fourth-order valence-electron chi connectivity index (χ4n) is 4.06. The van der Waals surface area contributed by atoms with E-state index < -0.39 is 35.3 Å². The van der Waals surface area contributed by atoms with E-state index >= 15 is 0 Å². The van der Waals surface area contributed by atoms with Crippen molar-refractivity contribution < 1.29 is 26.3 Å². The summed E-state index contributed by atoms with van der Waals surface area (Å²) in [6.07, 6.45) is -0.596. The molecule has 0 unspecified atom stereocenters. The first-order chi connectivity index (χ1) is 13.3. The lowest BCUT2D eigenvalue weighted by atomic mass is 9.98. The minimum absolute atomic E-state index is 0.137. The van der Waals surface area contributed by atoms with Crippen LogP contribution in [0.4, 0.5) is 26.3 Å². The van der Waals surface area contributed by atoms with E-state index in [0.717, 1.165) is 32.9 Å². The summed E-state index contributed by atoms with van der Waals surface area (Å²) in [5.41, 5.74) is 0.552. The van der Waals surface area contributed by atoms with Crippen molar-refractivity contribution >= 4 is 40.0 Å². The predicted octanol–water partition coefficient (Wildman–Crippen LogP) is 7.71. The molecule has 0 amide bonds. The van der Waals surface area contributed by atoms with Gasteiger partial charge in [0.25, 0.3) is 0 Å². The molecule has 4 rings (SSSR count). The van der Waals surface area contributed by atoms with E-state index in [0.29, 0.717) is 26.8 Å². The molecule has 9 heteroatoms. The second-order valence-electron chi connectivity index (χ2n) is 7.52. The van der Waals surface area contributed by atoms with Crippen LogP contribution in [0.15, 0.2) is 5.57 Å². The van der Waals surface area contributed by atoms with E-state index in [2.05, 4.69) is 0 Å². The van der Waals surface area contributed by atoms with E-state index in [4.69, 9.17) is 0 Å². The highest BCUT2D eigenvalue weighted by Gasteiger charge is 2.80. The Hall–Kier alpha value is -0.930. The molecule has 0 radical (unpaired) electrons. The van der Waals surface area contributed by atoms with Crippen LogP contribution in [0.2, 0.25) is 0 Å². The summed E-state index contributed by atoms with van der Waals surface area (Å²) in [4.78, 5) is 1.92. The number of aryl methyl sites for hydroxylation is 2. The summed E-state index contributed by atoms with van der Waals surface area (Å²) in [5, 5.41) is 0. The van der Waals surface area contributed by atoms with Crippen molar-refractivity contribution in [2.75, 3.05) is 0 Å². The van der Waals surface area contributed by atoms with Crippen LogP contribution >= 0.6 is 34.4 Å². The van der Waals surface area contributed by atoms with Crippen molar-refractivity contribution in [3.05, 3.63) is 47.3 Å². The molecule has 29 heavy (non-hydrogen) atoms. The summed E-state index contributed by atoms with van der Waals surface area (Å²) in [6.45, 7) is 6.89. The van der Waals surface area contributed by atoms with Gasteiger partial charge in [-0.1, -0.05) is 0 Å². The first kappa shape index (κ1) is 21.3. The maximum absolute atomic E-state index is 14.9. The molecule has 3 heterocycles. The Morgan fingerprint density at radius 3 is 1.90 bits per heavy atom. The summed E-state index contributed by atoms with van der Waals surface area (Å²) in [7, 11) is 0. The van der Waals surface area contributed by atoms with Crippen LogP contribution in [0.3, 0.4) is 0 Å². The van der Waals surface area contributed by atoms with Gasteiger partial charge in [-0.05, 0) is 49.9 Å². The minimum atomic E-state index is -5.47. The topological polar surface area (TPSA) is 0 Å². The highest BCUT2D eigenvalue weighted by atomic mass is 32.2. The number of alkyl halides is 6. The number of hydrogen-bond acceptors (Lipinski definition) is 3. The molecule has 158 valence electrons. The van der Waals surface area contributed by atoms with Crippen molar-refractivity contribution in [1.29, 1.82) is 0 Å². The molecule has 0 saturated heterocycles. The lowest BCUT2D eigenvalue weighted by molar-refractivity contribution is -0.260. The molecule has 0 nitrogen and oxygen atoms in total. The number of thiophene rings is 2. The van der Waals surface area contributed by atoms with Gasteiger partial charge in [-0.3, -0.25) is 0 Å². The smallest absolute Gasteiger partial charge is 0.194 e. The molecule has 0 saturated carbocycles. The van der Waals surface area contributed by atoms with Gasteiger partial charge >= 0.3 is 17.8 Å². The predicted molar refractivity (Wildman–Crippen MR) is 108 cm³/mol. The van der Waals surface area contributed by atoms with Gasteiger partial charge in [-0.2, -0.15) is 38.1 Å². The number of thioether (sulfide) groups is 1. The van der Waals surface area contributed by atoms with Crippen LogP contribution < -0.4 is 0 Å². The molecule has 2 aromatic rings. The average Bonchev–Trinajstić information content (AvgIpc) is 3.07. The Morgan fingerprint density at radius 2 is 1.28 bits per heavy atom. The van der Waals surface area contributed by atoms with Crippen LogP contribution in [-0.4, -0.2) is 17.8 Å². The summed E-state index contributed by atoms with van der Waals surface area (Å²) < 4.78 is 88.1. The Morgan fingerprint density at radius 1 is 0.724 bits per heavy atom. The molecule has 1 aliphatic carbocycles. The Balaban J connectivity index is 2.07. The molecular formula is C20H18F6S3. The second-order valence-corrected chi connectivity index (χ2v) is 11.0. The molecule has 2 aliphatic rings. The first-order valence-corrected chi connectivity index (χ1v) is 11.7. The lowest BCUT2D eigenvalue weighted by Gasteiger charge is -2.25. The molecule has 0 spiro atoms. The SMILES string of the molecule is Cc1sc2c(C)c1CSCc1c(C)sc(c1C)C1=C(C2)C(F)(F)C(F)(F)C1(F)F. The number of halogens is 6. The first-order valence-electron chi connectivity index (χ1n) is 8.94. The van der Waals surface area contributed by atoms with Gasteiger partial charge in [0.1, 0.15) is 0 Å². The summed E-state index contributed by atoms with van der Waals surface area (Å²) >= 11 is 3.75. The number of rotatable bonds is 0. The molecule has 0 N–H and O–H groups in total. The summed E-state index contributed by atoms with van der Waals surface area (Å²) in [6, 6.07) is 0. The van der Waals surface area contributed by atoms with Gasteiger partial charge in [0.15, 0.2) is 0 Å². The Bertz CT molecular complexity index is 1040. The van der Waals surface area contributed by atoms with E-state index in [1.54, 1.807) is 32.5 Å². The Kier molecular flexibility index (Phi) is 4.80.